The number of hydrogen-bond donors (Lipinski definition) is 0. The van der Waals surface area contributed by atoms with Crippen LogP contribution in [0.3, 0.4) is 0 Å². The van der Waals surface area contributed by atoms with E-state index in [0.29, 0.717) is 5.76 Å². The first-order valence-corrected chi connectivity index (χ1v) is 4.67. The first-order chi connectivity index (χ1) is 7.40. The molecule has 0 spiro atoms. The van der Waals surface area contributed by atoms with Crippen molar-refractivity contribution in [1.82, 2.24) is 0 Å². The van der Waals surface area contributed by atoms with Crippen molar-refractivity contribution in [2.75, 3.05) is 0 Å². The first-order valence-electron chi connectivity index (χ1n) is 4.67. The van der Waals surface area contributed by atoms with Gasteiger partial charge in [0.15, 0.2) is 0 Å². The lowest BCUT2D eigenvalue weighted by Gasteiger charge is -1.94. The van der Waals surface area contributed by atoms with E-state index in [1.807, 2.05) is 42.5 Å². The zero-order valence-corrected chi connectivity index (χ0v) is 8.09. The molecule has 2 heteroatoms. The maximum atomic E-state index is 10.1. The molecule has 0 bridgehead atoms. The van der Waals surface area contributed by atoms with Crippen molar-refractivity contribution in [2.45, 2.75) is 0 Å². The summed E-state index contributed by atoms with van der Waals surface area (Å²) >= 11 is 0. The fraction of sp³-hybridized carbons (Fsp3) is 0. The number of allylic oxidation sites excluding steroid dienone is 1. The molecular formula is C13H10O2. The minimum Gasteiger partial charge on any atom is -0.457 e. The Hall–Kier alpha value is -2.09. The molecule has 0 unspecified atom stereocenters. The summed E-state index contributed by atoms with van der Waals surface area (Å²) in [4.78, 5) is 10.1. The summed E-state index contributed by atoms with van der Waals surface area (Å²) in [6, 6.07) is 13.6. The third-order valence-electron chi connectivity index (χ3n) is 2.02. The lowest BCUT2D eigenvalue weighted by molar-refractivity contribution is -0.104. The normalized spacial score (nSPS) is 10.7. The summed E-state index contributed by atoms with van der Waals surface area (Å²) in [5.41, 5.74) is 1.03. The molecule has 1 aromatic carbocycles. The molecule has 74 valence electrons. The van der Waals surface area contributed by atoms with Crippen LogP contribution in [0.5, 0.6) is 0 Å². The summed E-state index contributed by atoms with van der Waals surface area (Å²) in [5, 5.41) is 0. The summed E-state index contributed by atoms with van der Waals surface area (Å²) < 4.78 is 5.53. The van der Waals surface area contributed by atoms with Crippen LogP contribution in [-0.2, 0) is 4.79 Å². The van der Waals surface area contributed by atoms with Gasteiger partial charge in [0.05, 0.1) is 0 Å². The predicted octanol–water partition coefficient (Wildman–Crippen LogP) is 3.16. The third kappa shape index (κ3) is 2.23. The summed E-state index contributed by atoms with van der Waals surface area (Å²) in [5.74, 6) is 1.49. The molecule has 15 heavy (non-hydrogen) atoms. The molecule has 0 fully saturated rings. The number of hydrogen-bond acceptors (Lipinski definition) is 2. The van der Waals surface area contributed by atoms with Gasteiger partial charge in [-0.25, -0.2) is 0 Å². The number of carbonyl (C=O) groups excluding carboxylic acids is 1. The Balaban J connectivity index is 2.28. The largest absolute Gasteiger partial charge is 0.457 e. The van der Waals surface area contributed by atoms with Crippen LogP contribution in [0.1, 0.15) is 5.76 Å². The van der Waals surface area contributed by atoms with Crippen LogP contribution < -0.4 is 0 Å². The first kappa shape index (κ1) is 9.46. The Morgan fingerprint density at radius 1 is 1.00 bits per heavy atom. The fourth-order valence-corrected chi connectivity index (χ4v) is 1.33. The Bertz CT molecular complexity index is 466. The van der Waals surface area contributed by atoms with Crippen molar-refractivity contribution < 1.29 is 9.21 Å². The second-order valence-corrected chi connectivity index (χ2v) is 3.06. The van der Waals surface area contributed by atoms with E-state index in [1.165, 1.54) is 6.08 Å². The van der Waals surface area contributed by atoms with Gasteiger partial charge in [-0.3, -0.25) is 4.79 Å². The quantitative estimate of drug-likeness (QED) is 0.560. The van der Waals surface area contributed by atoms with Crippen molar-refractivity contribution in [2.24, 2.45) is 0 Å². The predicted molar refractivity (Wildman–Crippen MR) is 59.2 cm³/mol. The van der Waals surface area contributed by atoms with Crippen LogP contribution in [-0.4, -0.2) is 6.29 Å². The second-order valence-electron chi connectivity index (χ2n) is 3.06. The van der Waals surface area contributed by atoms with Crippen molar-refractivity contribution in [3.8, 4) is 11.3 Å². The number of furan rings is 1. The Kier molecular flexibility index (Phi) is 2.79. The van der Waals surface area contributed by atoms with Crippen LogP contribution in [0.15, 0.2) is 53.0 Å². The molecule has 2 nitrogen and oxygen atoms in total. The SMILES string of the molecule is O=C/C=C/c1ccc(-c2ccccc2)o1. The average molecular weight is 198 g/mol. The second kappa shape index (κ2) is 4.42. The van der Waals surface area contributed by atoms with Gasteiger partial charge in [0, 0.05) is 5.56 Å². The van der Waals surface area contributed by atoms with Gasteiger partial charge >= 0.3 is 0 Å². The molecule has 1 heterocycles. The Morgan fingerprint density at radius 3 is 2.53 bits per heavy atom. The lowest BCUT2D eigenvalue weighted by atomic mass is 10.2. The third-order valence-corrected chi connectivity index (χ3v) is 2.02. The van der Waals surface area contributed by atoms with Crippen molar-refractivity contribution in [3.63, 3.8) is 0 Å². The Morgan fingerprint density at radius 2 is 1.80 bits per heavy atom. The van der Waals surface area contributed by atoms with Gasteiger partial charge in [0.2, 0.25) is 0 Å². The molecule has 2 rings (SSSR count). The van der Waals surface area contributed by atoms with Gasteiger partial charge in [0.25, 0.3) is 0 Å². The van der Waals surface area contributed by atoms with E-state index < -0.39 is 0 Å². The van der Waals surface area contributed by atoms with E-state index in [9.17, 15) is 4.79 Å². The highest BCUT2D eigenvalue weighted by Crippen LogP contribution is 2.22. The van der Waals surface area contributed by atoms with Gasteiger partial charge in [-0.15, -0.1) is 0 Å². The van der Waals surface area contributed by atoms with Gasteiger partial charge in [-0.2, -0.15) is 0 Å². The monoisotopic (exact) mass is 198 g/mol. The van der Waals surface area contributed by atoms with Crippen LogP contribution in [0.25, 0.3) is 17.4 Å². The van der Waals surface area contributed by atoms with Gasteiger partial charge in [-0.1, -0.05) is 30.3 Å². The summed E-state index contributed by atoms with van der Waals surface area (Å²) in [7, 11) is 0. The molecule has 0 saturated heterocycles. The van der Waals surface area contributed by atoms with Crippen molar-refractivity contribution in [1.29, 1.82) is 0 Å². The number of benzene rings is 1. The molecule has 0 amide bonds. The van der Waals surface area contributed by atoms with Crippen LogP contribution in [0, 0.1) is 0 Å². The standard InChI is InChI=1S/C13H10O2/c14-10-4-7-12-8-9-13(15-12)11-5-2-1-3-6-11/h1-10H/b7-4+. The smallest absolute Gasteiger partial charge is 0.142 e. The van der Waals surface area contributed by atoms with E-state index in [-0.39, 0.29) is 0 Å². The molecule has 0 N–H and O–H groups in total. The van der Waals surface area contributed by atoms with Crippen LogP contribution in [0.4, 0.5) is 0 Å². The van der Waals surface area contributed by atoms with Crippen molar-refractivity contribution >= 4 is 12.4 Å². The van der Waals surface area contributed by atoms with Gasteiger partial charge in [0.1, 0.15) is 17.8 Å². The Labute approximate surface area is 87.8 Å². The van der Waals surface area contributed by atoms with E-state index in [2.05, 4.69) is 0 Å². The zero-order chi connectivity index (χ0) is 10.5. The highest BCUT2D eigenvalue weighted by molar-refractivity contribution is 5.73. The minimum absolute atomic E-state index is 0.681. The molecule has 0 aliphatic heterocycles. The zero-order valence-electron chi connectivity index (χ0n) is 8.09. The molecule has 0 aliphatic rings. The molecule has 0 saturated carbocycles. The molecule has 0 aliphatic carbocycles. The molecule has 0 radical (unpaired) electrons. The van der Waals surface area contributed by atoms with Crippen LogP contribution >= 0.6 is 0 Å². The molecule has 2 aromatic rings. The summed E-state index contributed by atoms with van der Waals surface area (Å²) in [6.45, 7) is 0. The van der Waals surface area contributed by atoms with E-state index in [1.54, 1.807) is 6.08 Å². The lowest BCUT2D eigenvalue weighted by Crippen LogP contribution is -1.70. The number of rotatable bonds is 3. The average Bonchev–Trinajstić information content (AvgIpc) is 2.76. The van der Waals surface area contributed by atoms with Crippen LogP contribution in [0.2, 0.25) is 0 Å². The number of carbonyl (C=O) groups is 1. The van der Waals surface area contributed by atoms with E-state index in [4.69, 9.17) is 4.42 Å². The number of aldehydes is 1. The molecule has 1 aromatic heterocycles. The van der Waals surface area contributed by atoms with Crippen molar-refractivity contribution in [3.05, 3.63) is 54.3 Å². The fourth-order valence-electron chi connectivity index (χ4n) is 1.33. The highest BCUT2D eigenvalue weighted by Gasteiger charge is 2.01. The van der Waals surface area contributed by atoms with E-state index >= 15 is 0 Å². The topological polar surface area (TPSA) is 30.2 Å². The summed E-state index contributed by atoms with van der Waals surface area (Å²) in [6.07, 6.45) is 3.78. The van der Waals surface area contributed by atoms with Gasteiger partial charge < -0.3 is 4.42 Å². The maximum absolute atomic E-state index is 10.1. The highest BCUT2D eigenvalue weighted by atomic mass is 16.3. The molecule has 0 atom stereocenters. The van der Waals surface area contributed by atoms with E-state index in [0.717, 1.165) is 17.6 Å². The minimum atomic E-state index is 0.681. The molecular weight excluding hydrogens is 188 g/mol. The maximum Gasteiger partial charge on any atom is 0.142 e. The van der Waals surface area contributed by atoms with Gasteiger partial charge in [-0.05, 0) is 24.3 Å².